The number of benzene rings is 1. The van der Waals surface area contributed by atoms with Gasteiger partial charge in [-0.15, -0.1) is 0 Å². The van der Waals surface area contributed by atoms with E-state index in [9.17, 15) is 0 Å². The number of aromatic nitrogens is 2. The van der Waals surface area contributed by atoms with Gasteiger partial charge in [0, 0.05) is 40.3 Å². The minimum atomic E-state index is 0.621. The first kappa shape index (κ1) is 13.0. The molecule has 0 atom stereocenters. The molecule has 0 aliphatic carbocycles. The number of fused-ring (bicyclic) bond motifs is 1. The second kappa shape index (κ2) is 5.17. The summed E-state index contributed by atoms with van der Waals surface area (Å²) in [6.45, 7) is 3.03. The summed E-state index contributed by atoms with van der Waals surface area (Å²) >= 11 is 6.07. The molecule has 0 fully saturated rings. The summed E-state index contributed by atoms with van der Waals surface area (Å²) < 4.78 is 7.36. The van der Waals surface area contributed by atoms with Crippen LogP contribution in [0, 0.1) is 0 Å². The van der Waals surface area contributed by atoms with Gasteiger partial charge in [0.2, 0.25) is 5.88 Å². The normalized spacial score (nSPS) is 10.9. The van der Waals surface area contributed by atoms with Crippen LogP contribution >= 0.6 is 11.6 Å². The molecule has 4 heteroatoms. The molecule has 0 saturated heterocycles. The summed E-state index contributed by atoms with van der Waals surface area (Å²) in [4.78, 5) is 4.28. The summed E-state index contributed by atoms with van der Waals surface area (Å²) in [7, 11) is 1.62. The number of methoxy groups -OCH3 is 1. The van der Waals surface area contributed by atoms with Gasteiger partial charge >= 0.3 is 0 Å². The maximum atomic E-state index is 6.07. The second-order valence-electron chi connectivity index (χ2n) is 4.57. The fourth-order valence-electron chi connectivity index (χ4n) is 2.47. The molecule has 0 spiro atoms. The highest BCUT2D eigenvalue weighted by Gasteiger charge is 2.10. The SMILES string of the molecule is CCn1c(-c2ccc(OC)nc2)cc2cc(Cl)ccc21. The standard InChI is InChI=1S/C16H15ClN2O/c1-3-19-14-6-5-13(17)8-12(14)9-15(19)11-4-7-16(20-2)18-10-11/h4-10H,3H2,1-2H3. The van der Waals surface area contributed by atoms with Gasteiger partial charge < -0.3 is 9.30 Å². The van der Waals surface area contributed by atoms with Gasteiger partial charge in [-0.3, -0.25) is 0 Å². The zero-order valence-corrected chi connectivity index (χ0v) is 12.2. The van der Waals surface area contributed by atoms with Crippen LogP contribution in [-0.4, -0.2) is 16.7 Å². The van der Waals surface area contributed by atoms with Crippen LogP contribution in [0.4, 0.5) is 0 Å². The summed E-state index contributed by atoms with van der Waals surface area (Å²) in [5.74, 6) is 0.621. The van der Waals surface area contributed by atoms with Crippen molar-refractivity contribution in [2.45, 2.75) is 13.5 Å². The number of rotatable bonds is 3. The Bertz CT molecular complexity index is 747. The first-order chi connectivity index (χ1) is 9.72. The molecular weight excluding hydrogens is 272 g/mol. The van der Waals surface area contributed by atoms with Gasteiger partial charge in [-0.25, -0.2) is 4.98 Å². The van der Waals surface area contributed by atoms with Crippen molar-refractivity contribution >= 4 is 22.5 Å². The first-order valence-electron chi connectivity index (χ1n) is 6.52. The molecule has 2 aromatic heterocycles. The number of halogens is 1. The molecule has 0 radical (unpaired) electrons. The van der Waals surface area contributed by atoms with Gasteiger partial charge in [0.05, 0.1) is 12.8 Å². The van der Waals surface area contributed by atoms with E-state index in [0.29, 0.717) is 5.88 Å². The predicted octanol–water partition coefficient (Wildman–Crippen LogP) is 4.39. The minimum Gasteiger partial charge on any atom is -0.481 e. The number of pyridine rings is 1. The Kier molecular flexibility index (Phi) is 3.36. The Morgan fingerprint density at radius 2 is 2.05 bits per heavy atom. The Labute approximate surface area is 122 Å². The maximum Gasteiger partial charge on any atom is 0.212 e. The zero-order valence-electron chi connectivity index (χ0n) is 11.4. The number of aryl methyl sites for hydroxylation is 1. The van der Waals surface area contributed by atoms with Crippen molar-refractivity contribution in [3.8, 4) is 17.1 Å². The zero-order chi connectivity index (χ0) is 14.1. The topological polar surface area (TPSA) is 27.1 Å². The molecule has 102 valence electrons. The van der Waals surface area contributed by atoms with E-state index in [-0.39, 0.29) is 0 Å². The minimum absolute atomic E-state index is 0.621. The molecule has 20 heavy (non-hydrogen) atoms. The van der Waals surface area contributed by atoms with Gasteiger partial charge in [0.15, 0.2) is 0 Å². The number of hydrogen-bond donors (Lipinski definition) is 0. The van der Waals surface area contributed by atoms with Gasteiger partial charge in [0.25, 0.3) is 0 Å². The van der Waals surface area contributed by atoms with Crippen molar-refractivity contribution in [2.24, 2.45) is 0 Å². The van der Waals surface area contributed by atoms with Crippen LogP contribution in [0.3, 0.4) is 0 Å². The monoisotopic (exact) mass is 286 g/mol. The van der Waals surface area contributed by atoms with E-state index < -0.39 is 0 Å². The second-order valence-corrected chi connectivity index (χ2v) is 5.00. The third-order valence-electron chi connectivity index (χ3n) is 3.42. The smallest absolute Gasteiger partial charge is 0.212 e. The Hall–Kier alpha value is -2.00. The molecule has 0 aliphatic heterocycles. The number of nitrogens with zero attached hydrogens (tertiary/aromatic N) is 2. The average molecular weight is 287 g/mol. The quantitative estimate of drug-likeness (QED) is 0.714. The van der Waals surface area contributed by atoms with Crippen molar-refractivity contribution in [3.63, 3.8) is 0 Å². The van der Waals surface area contributed by atoms with Gasteiger partial charge in [-0.2, -0.15) is 0 Å². The number of hydrogen-bond acceptors (Lipinski definition) is 2. The highest BCUT2D eigenvalue weighted by molar-refractivity contribution is 6.31. The lowest BCUT2D eigenvalue weighted by Crippen LogP contribution is -1.97. The molecule has 1 aromatic carbocycles. The van der Waals surface area contributed by atoms with Crippen molar-refractivity contribution < 1.29 is 4.74 Å². The third kappa shape index (κ3) is 2.14. The van der Waals surface area contributed by atoms with Crippen LogP contribution < -0.4 is 4.74 Å². The maximum absolute atomic E-state index is 6.07. The highest BCUT2D eigenvalue weighted by Crippen LogP contribution is 2.30. The summed E-state index contributed by atoms with van der Waals surface area (Å²) in [5.41, 5.74) is 3.39. The molecule has 3 nitrogen and oxygen atoms in total. The molecule has 0 amide bonds. The van der Waals surface area contributed by atoms with E-state index in [2.05, 4.69) is 28.6 Å². The molecule has 0 saturated carbocycles. The molecule has 0 aliphatic rings. The summed E-state index contributed by atoms with van der Waals surface area (Å²) in [6.07, 6.45) is 1.83. The summed E-state index contributed by atoms with van der Waals surface area (Å²) in [6, 6.07) is 12.0. The van der Waals surface area contributed by atoms with Crippen LogP contribution in [0.1, 0.15) is 6.92 Å². The van der Waals surface area contributed by atoms with Crippen molar-refractivity contribution in [3.05, 3.63) is 47.6 Å². The van der Waals surface area contributed by atoms with E-state index >= 15 is 0 Å². The van der Waals surface area contributed by atoms with Crippen LogP contribution in [0.2, 0.25) is 5.02 Å². The highest BCUT2D eigenvalue weighted by atomic mass is 35.5. The van der Waals surface area contributed by atoms with Crippen molar-refractivity contribution in [1.82, 2.24) is 9.55 Å². The largest absolute Gasteiger partial charge is 0.481 e. The fourth-order valence-corrected chi connectivity index (χ4v) is 2.65. The lowest BCUT2D eigenvalue weighted by atomic mass is 10.2. The Balaban J connectivity index is 2.18. The van der Waals surface area contributed by atoms with Gasteiger partial charge in [-0.1, -0.05) is 11.6 Å². The van der Waals surface area contributed by atoms with Gasteiger partial charge in [-0.05, 0) is 37.3 Å². The molecule has 3 aromatic rings. The lowest BCUT2D eigenvalue weighted by molar-refractivity contribution is 0.398. The molecule has 0 unspecified atom stereocenters. The Morgan fingerprint density at radius 1 is 1.20 bits per heavy atom. The van der Waals surface area contributed by atoms with Crippen LogP contribution in [0.25, 0.3) is 22.2 Å². The fraction of sp³-hybridized carbons (Fsp3) is 0.188. The van der Waals surface area contributed by atoms with E-state index in [1.54, 1.807) is 7.11 Å². The van der Waals surface area contributed by atoms with Crippen molar-refractivity contribution in [1.29, 1.82) is 0 Å². The predicted molar refractivity (Wildman–Crippen MR) is 82.4 cm³/mol. The molecule has 0 bridgehead atoms. The van der Waals surface area contributed by atoms with Crippen molar-refractivity contribution in [2.75, 3.05) is 7.11 Å². The third-order valence-corrected chi connectivity index (χ3v) is 3.66. The summed E-state index contributed by atoms with van der Waals surface area (Å²) in [5, 5.41) is 1.90. The van der Waals surface area contributed by atoms with E-state index in [0.717, 1.165) is 28.2 Å². The van der Waals surface area contributed by atoms with E-state index in [1.165, 1.54) is 5.52 Å². The first-order valence-corrected chi connectivity index (χ1v) is 6.90. The molecular formula is C16H15ClN2O. The lowest BCUT2D eigenvalue weighted by Gasteiger charge is -2.08. The molecule has 3 rings (SSSR count). The van der Waals surface area contributed by atoms with Crippen LogP contribution in [0.15, 0.2) is 42.6 Å². The Morgan fingerprint density at radius 3 is 2.70 bits per heavy atom. The van der Waals surface area contributed by atoms with E-state index in [1.807, 2.05) is 30.5 Å². The molecule has 2 heterocycles. The van der Waals surface area contributed by atoms with Gasteiger partial charge in [0.1, 0.15) is 0 Å². The van der Waals surface area contributed by atoms with Crippen LogP contribution in [0.5, 0.6) is 5.88 Å². The van der Waals surface area contributed by atoms with E-state index in [4.69, 9.17) is 16.3 Å². The average Bonchev–Trinajstić information content (AvgIpc) is 2.84. The molecule has 0 N–H and O–H groups in total. The van der Waals surface area contributed by atoms with Crippen LogP contribution in [-0.2, 0) is 6.54 Å². The number of ether oxygens (including phenoxy) is 1.